The highest BCUT2D eigenvalue weighted by Crippen LogP contribution is 2.22. The molecule has 2 heterocycles. The lowest BCUT2D eigenvalue weighted by Crippen LogP contribution is -2.52. The van der Waals surface area contributed by atoms with Crippen LogP contribution in [0.2, 0.25) is 0 Å². The molecule has 24 heavy (non-hydrogen) atoms. The fourth-order valence-corrected chi connectivity index (χ4v) is 4.13. The molecule has 3 amide bonds. The average molecular weight is 336 g/mol. The fourth-order valence-electron chi connectivity index (χ4n) is 4.13. The molecule has 2 saturated heterocycles. The molecule has 1 aliphatic carbocycles. The van der Waals surface area contributed by atoms with E-state index in [2.05, 4.69) is 17.3 Å². The van der Waals surface area contributed by atoms with Crippen molar-refractivity contribution in [2.24, 2.45) is 5.92 Å². The molecule has 3 aliphatic rings. The van der Waals surface area contributed by atoms with Crippen molar-refractivity contribution in [3.8, 4) is 0 Å². The van der Waals surface area contributed by atoms with Gasteiger partial charge in [0.15, 0.2) is 0 Å². The Bertz CT molecular complexity index is 434. The van der Waals surface area contributed by atoms with Gasteiger partial charge in [-0.1, -0.05) is 19.3 Å². The normalized spacial score (nSPS) is 24.9. The molecule has 6 heteroatoms. The van der Waals surface area contributed by atoms with Gasteiger partial charge in [0, 0.05) is 51.2 Å². The zero-order valence-corrected chi connectivity index (χ0v) is 15.0. The van der Waals surface area contributed by atoms with Crippen LogP contribution in [-0.2, 0) is 4.79 Å². The van der Waals surface area contributed by atoms with E-state index in [0.717, 1.165) is 51.9 Å². The standard InChI is InChI=1S/C18H32N4O2/c1-20-11-13-21(14-12-20)17(23)15-7-9-22(10-8-15)18(24)19-16-5-3-2-4-6-16/h15-16H,2-14H2,1H3,(H,19,24). The van der Waals surface area contributed by atoms with Crippen LogP contribution in [0, 0.1) is 5.92 Å². The minimum absolute atomic E-state index is 0.0763. The van der Waals surface area contributed by atoms with Gasteiger partial charge in [0.2, 0.25) is 5.91 Å². The third-order valence-corrected chi connectivity index (χ3v) is 5.88. The maximum atomic E-state index is 12.6. The molecule has 0 radical (unpaired) electrons. The van der Waals surface area contributed by atoms with Gasteiger partial charge in [-0.25, -0.2) is 4.79 Å². The van der Waals surface area contributed by atoms with E-state index in [4.69, 9.17) is 0 Å². The van der Waals surface area contributed by atoms with Crippen molar-refractivity contribution in [2.45, 2.75) is 51.0 Å². The third-order valence-electron chi connectivity index (χ3n) is 5.88. The zero-order chi connectivity index (χ0) is 16.9. The number of carbonyl (C=O) groups excluding carboxylic acids is 2. The molecule has 3 fully saturated rings. The highest BCUT2D eigenvalue weighted by molar-refractivity contribution is 5.80. The van der Waals surface area contributed by atoms with E-state index in [9.17, 15) is 9.59 Å². The quantitative estimate of drug-likeness (QED) is 0.832. The number of urea groups is 1. The highest BCUT2D eigenvalue weighted by atomic mass is 16.2. The Morgan fingerprint density at radius 3 is 2.04 bits per heavy atom. The molecule has 6 nitrogen and oxygen atoms in total. The minimum atomic E-state index is 0.0763. The molecule has 0 bridgehead atoms. The van der Waals surface area contributed by atoms with Gasteiger partial charge in [-0.2, -0.15) is 0 Å². The van der Waals surface area contributed by atoms with E-state index in [-0.39, 0.29) is 11.9 Å². The van der Waals surface area contributed by atoms with Crippen molar-refractivity contribution in [3.05, 3.63) is 0 Å². The lowest BCUT2D eigenvalue weighted by Gasteiger charge is -2.38. The van der Waals surface area contributed by atoms with Crippen LogP contribution in [0.4, 0.5) is 4.79 Å². The number of hydrogen-bond acceptors (Lipinski definition) is 3. The first-order chi connectivity index (χ1) is 11.6. The number of rotatable bonds is 2. The van der Waals surface area contributed by atoms with Crippen molar-refractivity contribution in [1.29, 1.82) is 0 Å². The molecular formula is C18H32N4O2. The van der Waals surface area contributed by atoms with Crippen LogP contribution in [0.3, 0.4) is 0 Å². The van der Waals surface area contributed by atoms with Crippen molar-refractivity contribution in [1.82, 2.24) is 20.0 Å². The first-order valence-electron chi connectivity index (χ1n) is 9.66. The Kier molecular flexibility index (Phi) is 5.98. The fraction of sp³-hybridized carbons (Fsp3) is 0.889. The van der Waals surface area contributed by atoms with Crippen molar-refractivity contribution < 1.29 is 9.59 Å². The van der Waals surface area contributed by atoms with E-state index in [1.54, 1.807) is 0 Å². The summed E-state index contributed by atoms with van der Waals surface area (Å²) in [5.74, 6) is 0.405. The van der Waals surface area contributed by atoms with Gasteiger partial charge in [0.25, 0.3) is 0 Å². The molecule has 0 aromatic heterocycles. The summed E-state index contributed by atoms with van der Waals surface area (Å²) in [6.45, 7) is 5.05. The molecule has 136 valence electrons. The monoisotopic (exact) mass is 336 g/mol. The number of hydrogen-bond donors (Lipinski definition) is 1. The summed E-state index contributed by atoms with van der Waals surface area (Å²) < 4.78 is 0. The summed E-state index contributed by atoms with van der Waals surface area (Å²) in [5.41, 5.74) is 0. The SMILES string of the molecule is CN1CCN(C(=O)C2CCN(C(=O)NC3CCCCC3)CC2)CC1. The Balaban J connectivity index is 1.41. The van der Waals surface area contributed by atoms with Gasteiger partial charge < -0.3 is 20.0 Å². The van der Waals surface area contributed by atoms with Crippen LogP contribution in [0.5, 0.6) is 0 Å². The zero-order valence-electron chi connectivity index (χ0n) is 15.0. The van der Waals surface area contributed by atoms with E-state index in [0.29, 0.717) is 25.0 Å². The second-order valence-corrected chi connectivity index (χ2v) is 7.67. The van der Waals surface area contributed by atoms with Crippen LogP contribution in [0.25, 0.3) is 0 Å². The summed E-state index contributed by atoms with van der Waals surface area (Å²) in [5, 5.41) is 3.19. The average Bonchev–Trinajstić information content (AvgIpc) is 2.63. The Hall–Kier alpha value is -1.30. The molecule has 0 aromatic rings. The van der Waals surface area contributed by atoms with Gasteiger partial charge in [0.1, 0.15) is 0 Å². The third kappa shape index (κ3) is 4.41. The summed E-state index contributed by atoms with van der Waals surface area (Å²) in [4.78, 5) is 31.2. The first-order valence-corrected chi connectivity index (χ1v) is 9.66. The number of nitrogens with zero attached hydrogens (tertiary/aromatic N) is 3. The first kappa shape index (κ1) is 17.5. The summed E-state index contributed by atoms with van der Waals surface area (Å²) in [7, 11) is 2.10. The molecule has 3 rings (SSSR count). The summed E-state index contributed by atoms with van der Waals surface area (Å²) >= 11 is 0. The second kappa shape index (κ2) is 8.19. The van der Waals surface area contributed by atoms with Crippen molar-refractivity contribution in [2.75, 3.05) is 46.3 Å². The molecule has 0 atom stereocenters. The number of piperazine rings is 1. The molecular weight excluding hydrogens is 304 g/mol. The molecule has 2 aliphatic heterocycles. The lowest BCUT2D eigenvalue weighted by atomic mass is 9.94. The summed E-state index contributed by atoms with van der Waals surface area (Å²) in [6, 6.07) is 0.434. The Morgan fingerprint density at radius 2 is 1.42 bits per heavy atom. The number of likely N-dealkylation sites (N-methyl/N-ethyl adjacent to an activating group) is 1. The van der Waals surface area contributed by atoms with Gasteiger partial charge in [-0.15, -0.1) is 0 Å². The molecule has 0 aromatic carbocycles. The predicted octanol–water partition coefficient (Wildman–Crippen LogP) is 1.51. The maximum Gasteiger partial charge on any atom is 0.317 e. The largest absolute Gasteiger partial charge is 0.340 e. The van der Waals surface area contributed by atoms with Gasteiger partial charge >= 0.3 is 6.03 Å². The maximum absolute atomic E-state index is 12.6. The number of piperidine rings is 1. The number of nitrogens with one attached hydrogen (secondary N) is 1. The minimum Gasteiger partial charge on any atom is -0.340 e. The molecule has 1 saturated carbocycles. The van der Waals surface area contributed by atoms with Crippen LogP contribution in [-0.4, -0.2) is 79.0 Å². The van der Waals surface area contributed by atoms with Crippen LogP contribution in [0.1, 0.15) is 44.9 Å². The highest BCUT2D eigenvalue weighted by Gasteiger charge is 2.31. The van der Waals surface area contributed by atoms with Crippen LogP contribution >= 0.6 is 0 Å². The van der Waals surface area contributed by atoms with E-state index in [1.807, 2.05) is 9.80 Å². The smallest absolute Gasteiger partial charge is 0.317 e. The lowest BCUT2D eigenvalue weighted by molar-refractivity contribution is -0.138. The van der Waals surface area contributed by atoms with Crippen LogP contribution < -0.4 is 5.32 Å². The van der Waals surface area contributed by atoms with Crippen molar-refractivity contribution in [3.63, 3.8) is 0 Å². The number of likely N-dealkylation sites (tertiary alicyclic amines) is 1. The van der Waals surface area contributed by atoms with Crippen molar-refractivity contribution >= 4 is 11.9 Å². The topological polar surface area (TPSA) is 55.9 Å². The predicted molar refractivity (Wildman–Crippen MR) is 93.8 cm³/mol. The van der Waals surface area contributed by atoms with Gasteiger partial charge in [-0.05, 0) is 32.7 Å². The van der Waals surface area contributed by atoms with E-state index < -0.39 is 0 Å². The number of carbonyl (C=O) groups is 2. The molecule has 1 N–H and O–H groups in total. The number of amides is 3. The summed E-state index contributed by atoms with van der Waals surface area (Å²) in [6.07, 6.45) is 7.60. The van der Waals surface area contributed by atoms with E-state index in [1.165, 1.54) is 19.3 Å². The second-order valence-electron chi connectivity index (χ2n) is 7.67. The Morgan fingerprint density at radius 1 is 0.792 bits per heavy atom. The molecule has 0 unspecified atom stereocenters. The Labute approximate surface area is 145 Å². The van der Waals surface area contributed by atoms with Crippen LogP contribution in [0.15, 0.2) is 0 Å². The van der Waals surface area contributed by atoms with Gasteiger partial charge in [0.05, 0.1) is 0 Å². The van der Waals surface area contributed by atoms with Gasteiger partial charge in [-0.3, -0.25) is 4.79 Å². The van der Waals surface area contributed by atoms with E-state index >= 15 is 0 Å². The molecule has 0 spiro atoms.